The lowest BCUT2D eigenvalue weighted by Gasteiger charge is -2.33. The van der Waals surface area contributed by atoms with Crippen molar-refractivity contribution in [3.8, 4) is 11.5 Å². The third kappa shape index (κ3) is 21.5. The van der Waals surface area contributed by atoms with E-state index in [9.17, 15) is 33.2 Å². The predicted octanol–water partition coefficient (Wildman–Crippen LogP) is 2.68. The highest BCUT2D eigenvalue weighted by molar-refractivity contribution is 8.00. The normalized spacial score (nSPS) is 16.4. The number of rotatable bonds is 31. The van der Waals surface area contributed by atoms with E-state index in [1.807, 2.05) is 4.90 Å². The summed E-state index contributed by atoms with van der Waals surface area (Å²) in [6.07, 6.45) is 1.99. The average molecular weight is 1090 g/mol. The second-order valence-corrected chi connectivity index (χ2v) is 20.3. The summed E-state index contributed by atoms with van der Waals surface area (Å²) in [7, 11) is 6.80. The van der Waals surface area contributed by atoms with E-state index in [0.717, 1.165) is 43.7 Å². The van der Waals surface area contributed by atoms with E-state index >= 15 is 0 Å². The number of nitrogens with zero attached hydrogens (tertiary/aromatic N) is 5. The number of aromatic nitrogens is 2. The smallest absolute Gasteiger partial charge is 0.345 e. The summed E-state index contributed by atoms with van der Waals surface area (Å²) in [6, 6.07) is 10.3. The number of methoxy groups -OCH3 is 1. The summed E-state index contributed by atoms with van der Waals surface area (Å²) in [5.74, 6) is 0.430. The molecule has 2 aliphatic rings. The lowest BCUT2D eigenvalue weighted by molar-refractivity contribution is -0.136. The third-order valence-corrected chi connectivity index (χ3v) is 14.7. The van der Waals surface area contributed by atoms with Gasteiger partial charge in [-0.3, -0.25) is 24.5 Å². The first-order valence-electron chi connectivity index (χ1n) is 24.9. The molecule has 414 valence electrons. The molecule has 0 aliphatic carbocycles. The van der Waals surface area contributed by atoms with Gasteiger partial charge in [0.05, 0.1) is 76.2 Å². The second-order valence-electron chi connectivity index (χ2n) is 17.9. The van der Waals surface area contributed by atoms with Crippen molar-refractivity contribution in [2.24, 2.45) is 0 Å². The maximum atomic E-state index is 14.8. The Kier molecular flexibility index (Phi) is 25.8. The SMILES string of the molecule is COc1ccc([C@@H](C)NC(=O)[C@@H](CCC(=O)N(C)CCOCCOCCOCCOCC(=O)N(C)CCOc2ccc(NC(=O)NC3NC(CC(=O)N4CCN(C)CC4)CS3)cc2)Sc2[nH]c(=O)ncc2C)c(F)c1. The number of amides is 6. The van der Waals surface area contributed by atoms with Crippen molar-refractivity contribution in [1.29, 1.82) is 0 Å². The summed E-state index contributed by atoms with van der Waals surface area (Å²) < 4.78 is 47.9. The lowest BCUT2D eigenvalue weighted by Crippen LogP contribution is -2.49. The number of carbonyl (C=O) groups excluding carboxylic acids is 5. The topological polar surface area (TPSA) is 248 Å². The maximum Gasteiger partial charge on any atom is 0.345 e. The van der Waals surface area contributed by atoms with Gasteiger partial charge >= 0.3 is 11.7 Å². The number of benzene rings is 2. The van der Waals surface area contributed by atoms with Gasteiger partial charge in [-0.05, 0) is 63.2 Å². The molecule has 2 fully saturated rings. The second kappa shape index (κ2) is 32.1. The molecule has 2 aromatic carbocycles. The Morgan fingerprint density at radius 3 is 2.20 bits per heavy atom. The monoisotopic (exact) mass is 1090 g/mol. The van der Waals surface area contributed by atoms with Gasteiger partial charge in [0.15, 0.2) is 0 Å². The number of aromatic amines is 1. The number of nitrogens with one attached hydrogen (secondary N) is 5. The number of hydrogen-bond donors (Lipinski definition) is 5. The van der Waals surface area contributed by atoms with Crippen LogP contribution in [0.1, 0.15) is 43.4 Å². The fourth-order valence-corrected chi connectivity index (χ4v) is 9.68. The van der Waals surface area contributed by atoms with Gasteiger partial charge in [0.2, 0.25) is 23.6 Å². The molecule has 0 bridgehead atoms. The minimum absolute atomic E-state index is 0.00451. The molecule has 75 heavy (non-hydrogen) atoms. The Balaban J connectivity index is 0.844. The lowest BCUT2D eigenvalue weighted by atomic mass is 10.1. The van der Waals surface area contributed by atoms with Crippen LogP contribution >= 0.6 is 23.5 Å². The molecule has 3 aromatic rings. The average Bonchev–Trinajstić information content (AvgIpc) is 3.83. The molecule has 4 atom stereocenters. The zero-order valence-electron chi connectivity index (χ0n) is 43.7. The van der Waals surface area contributed by atoms with E-state index in [1.165, 1.54) is 29.2 Å². The predicted molar refractivity (Wildman–Crippen MR) is 282 cm³/mol. The molecule has 1 aromatic heterocycles. The summed E-state index contributed by atoms with van der Waals surface area (Å²) in [4.78, 5) is 90.0. The van der Waals surface area contributed by atoms with Gasteiger partial charge in [-0.2, -0.15) is 0 Å². The van der Waals surface area contributed by atoms with E-state index < -0.39 is 28.7 Å². The van der Waals surface area contributed by atoms with Crippen molar-refractivity contribution in [3.63, 3.8) is 0 Å². The number of piperazine rings is 1. The van der Waals surface area contributed by atoms with Crippen LogP contribution in [0, 0.1) is 12.7 Å². The summed E-state index contributed by atoms with van der Waals surface area (Å²) >= 11 is 2.66. The van der Waals surface area contributed by atoms with Gasteiger partial charge in [-0.1, -0.05) is 17.8 Å². The van der Waals surface area contributed by atoms with Gasteiger partial charge < -0.3 is 69.0 Å². The zero-order chi connectivity index (χ0) is 54.1. The van der Waals surface area contributed by atoms with Crippen molar-refractivity contribution in [1.82, 2.24) is 45.5 Å². The van der Waals surface area contributed by atoms with E-state index in [1.54, 1.807) is 76.1 Å². The van der Waals surface area contributed by atoms with E-state index in [2.05, 4.69) is 43.2 Å². The highest BCUT2D eigenvalue weighted by atomic mass is 32.2. The van der Waals surface area contributed by atoms with Crippen LogP contribution in [0.2, 0.25) is 0 Å². The Labute approximate surface area is 446 Å². The molecule has 5 N–H and O–H groups in total. The highest BCUT2D eigenvalue weighted by Crippen LogP contribution is 2.29. The Hall–Kier alpha value is -5.54. The molecule has 25 heteroatoms. The maximum absolute atomic E-state index is 14.8. The van der Waals surface area contributed by atoms with Crippen molar-refractivity contribution < 1.29 is 56.8 Å². The van der Waals surface area contributed by atoms with Crippen molar-refractivity contribution in [2.45, 2.75) is 61.0 Å². The number of H-pyrrole nitrogens is 1. The van der Waals surface area contributed by atoms with Crippen molar-refractivity contribution >= 4 is 58.9 Å². The number of halogens is 1. The van der Waals surface area contributed by atoms with E-state index in [0.29, 0.717) is 73.7 Å². The molecule has 0 radical (unpaired) electrons. The Morgan fingerprint density at radius 2 is 1.52 bits per heavy atom. The number of ether oxygens (including phenoxy) is 6. The number of urea groups is 1. The molecular formula is C50H73FN10O12S2. The van der Waals surface area contributed by atoms with Gasteiger partial charge in [-0.15, -0.1) is 11.8 Å². The number of hydrogen-bond acceptors (Lipinski definition) is 17. The first kappa shape index (κ1) is 60.3. The van der Waals surface area contributed by atoms with Gasteiger partial charge in [0.1, 0.15) is 36.0 Å². The molecule has 2 aliphatic heterocycles. The molecule has 0 saturated carbocycles. The molecule has 5 rings (SSSR count). The fraction of sp³-hybridized carbons (Fsp3) is 0.580. The standard InChI is InChI=1S/C50H73FN10O12S2/c1-34-31-52-48(66)56-47(34)75-42(46(65)53-35(2)40-12-11-39(68-6)30-41(40)51)13-14-43(62)59(4)19-21-69-23-24-70-25-26-71-27-28-72-32-45(64)60(5)20-22-73-38-9-7-36(8-10-38)54-49(67)57-50-55-37(33-74-50)29-44(63)61-17-15-58(3)16-18-61/h7-12,30-31,35,37,42,50,55H,13-29,32-33H2,1-6H3,(H,53,65)(H,52,56,66)(H2,54,57,67)/t35-,37?,42-,50?/m1/s1. The quantitative estimate of drug-likeness (QED) is 0.0353. The third-order valence-electron chi connectivity index (χ3n) is 12.1. The molecule has 22 nitrogen and oxygen atoms in total. The van der Waals surface area contributed by atoms with Crippen LogP contribution in [-0.2, 0) is 38.1 Å². The van der Waals surface area contributed by atoms with Crippen molar-refractivity contribution in [3.05, 3.63) is 76.1 Å². The van der Waals surface area contributed by atoms with Crippen LogP contribution in [0.4, 0.5) is 14.9 Å². The number of carbonyl (C=O) groups is 5. The van der Waals surface area contributed by atoms with Gasteiger partial charge in [0.25, 0.3) is 0 Å². The zero-order valence-corrected chi connectivity index (χ0v) is 45.3. The van der Waals surface area contributed by atoms with E-state index in [4.69, 9.17) is 28.4 Å². The first-order valence-corrected chi connectivity index (χ1v) is 26.8. The number of likely N-dealkylation sites (N-methyl/N-ethyl adjacent to an activating group) is 3. The minimum Gasteiger partial charge on any atom is -0.497 e. The molecular weight excluding hydrogens is 1020 g/mol. The number of aryl methyl sites for hydroxylation is 1. The Bertz CT molecular complexity index is 2350. The van der Waals surface area contributed by atoms with Crippen LogP contribution in [0.15, 0.2) is 58.5 Å². The summed E-state index contributed by atoms with van der Waals surface area (Å²) in [6.45, 7) is 9.47. The highest BCUT2D eigenvalue weighted by Gasteiger charge is 2.30. The van der Waals surface area contributed by atoms with Gasteiger partial charge in [-0.25, -0.2) is 19.0 Å². The van der Waals surface area contributed by atoms with E-state index in [-0.39, 0.29) is 86.7 Å². The van der Waals surface area contributed by atoms with Crippen LogP contribution in [0.25, 0.3) is 0 Å². The van der Waals surface area contributed by atoms with Gasteiger partial charge in [0, 0.05) is 95.0 Å². The molecule has 2 saturated heterocycles. The molecule has 2 unspecified atom stereocenters. The molecule has 0 spiro atoms. The van der Waals surface area contributed by atoms with Crippen molar-refractivity contribution in [2.75, 3.05) is 138 Å². The fourth-order valence-electron chi connectivity index (χ4n) is 7.49. The first-order chi connectivity index (χ1) is 36.1. The van der Waals surface area contributed by atoms with Crippen LogP contribution in [0.3, 0.4) is 0 Å². The summed E-state index contributed by atoms with van der Waals surface area (Å²) in [5.41, 5.74) is 0.648. The van der Waals surface area contributed by atoms with Crippen LogP contribution in [-0.4, -0.2) is 209 Å². The number of anilines is 1. The molecule has 6 amide bonds. The Morgan fingerprint density at radius 1 is 0.880 bits per heavy atom. The van der Waals surface area contributed by atoms with Crippen LogP contribution in [0.5, 0.6) is 11.5 Å². The van der Waals surface area contributed by atoms with Crippen LogP contribution < -0.4 is 36.4 Å². The number of thioether (sulfide) groups is 2. The largest absolute Gasteiger partial charge is 0.497 e. The molecule has 3 heterocycles. The summed E-state index contributed by atoms with van der Waals surface area (Å²) in [5, 5.41) is 11.5. The minimum atomic E-state index is -0.790.